The van der Waals surface area contributed by atoms with Crippen molar-refractivity contribution in [1.82, 2.24) is 4.57 Å². The first-order chi connectivity index (χ1) is 7.45. The van der Waals surface area contributed by atoms with Crippen molar-refractivity contribution in [2.45, 2.75) is 53.4 Å². The summed E-state index contributed by atoms with van der Waals surface area (Å²) in [6.45, 7) is 10.6. The van der Waals surface area contributed by atoms with Gasteiger partial charge in [0.25, 0.3) is 5.56 Å². The fourth-order valence-electron chi connectivity index (χ4n) is 2.68. The summed E-state index contributed by atoms with van der Waals surface area (Å²) in [7, 11) is 1.89. The summed E-state index contributed by atoms with van der Waals surface area (Å²) < 4.78 is 1.83. The smallest absolute Gasteiger partial charge is 0.253 e. The van der Waals surface area contributed by atoms with Crippen LogP contribution in [0.15, 0.2) is 4.79 Å². The minimum atomic E-state index is 0.165. The van der Waals surface area contributed by atoms with Gasteiger partial charge in [-0.1, -0.05) is 27.7 Å². The zero-order valence-electron chi connectivity index (χ0n) is 11.3. The summed E-state index contributed by atoms with van der Waals surface area (Å²) in [4.78, 5) is 12.1. The van der Waals surface area contributed by atoms with Crippen molar-refractivity contribution >= 4 is 0 Å². The average Bonchev–Trinajstić information content (AvgIpc) is 2.24. The lowest BCUT2D eigenvalue weighted by atomic mass is 9.92. The van der Waals surface area contributed by atoms with Gasteiger partial charge in [0.2, 0.25) is 0 Å². The lowest BCUT2D eigenvalue weighted by Crippen LogP contribution is -2.27. The Hall–Kier alpha value is -1.05. The van der Waals surface area contributed by atoms with Crippen molar-refractivity contribution in [3.05, 3.63) is 32.7 Å². The summed E-state index contributed by atoms with van der Waals surface area (Å²) in [5.41, 5.74) is 4.92. The van der Waals surface area contributed by atoms with E-state index in [0.29, 0.717) is 5.92 Å². The quantitative estimate of drug-likeness (QED) is 0.769. The zero-order valence-corrected chi connectivity index (χ0v) is 11.3. The van der Waals surface area contributed by atoms with Gasteiger partial charge in [0.1, 0.15) is 0 Å². The second-order valence-corrected chi connectivity index (χ2v) is 4.69. The molecule has 1 heterocycles. The molecule has 0 radical (unpaired) electrons. The van der Waals surface area contributed by atoms with Crippen LogP contribution >= 0.6 is 0 Å². The molecule has 0 bridgehead atoms. The SMILES string of the molecule is CCc1c(CC)c(C(C)C)n(C)c(=O)c1C. The Morgan fingerprint density at radius 3 is 2.00 bits per heavy atom. The summed E-state index contributed by atoms with van der Waals surface area (Å²) in [6.07, 6.45) is 1.95. The van der Waals surface area contributed by atoms with E-state index in [0.717, 1.165) is 18.4 Å². The van der Waals surface area contributed by atoms with Crippen molar-refractivity contribution in [2.75, 3.05) is 0 Å². The molecule has 0 atom stereocenters. The number of hydrogen-bond donors (Lipinski definition) is 0. The monoisotopic (exact) mass is 221 g/mol. The van der Waals surface area contributed by atoms with Crippen LogP contribution in [0.1, 0.15) is 56.0 Å². The van der Waals surface area contributed by atoms with Gasteiger partial charge in [-0.25, -0.2) is 0 Å². The first-order valence-corrected chi connectivity index (χ1v) is 6.16. The van der Waals surface area contributed by atoms with Crippen LogP contribution in [0.2, 0.25) is 0 Å². The maximum absolute atomic E-state index is 12.1. The Morgan fingerprint density at radius 2 is 1.62 bits per heavy atom. The molecule has 0 N–H and O–H groups in total. The van der Waals surface area contributed by atoms with Crippen LogP contribution in [0.25, 0.3) is 0 Å². The maximum atomic E-state index is 12.1. The minimum Gasteiger partial charge on any atom is -0.315 e. The van der Waals surface area contributed by atoms with Crippen LogP contribution in [0.4, 0.5) is 0 Å². The van der Waals surface area contributed by atoms with Crippen LogP contribution in [0.5, 0.6) is 0 Å². The third kappa shape index (κ3) is 1.93. The fourth-order valence-corrected chi connectivity index (χ4v) is 2.68. The van der Waals surface area contributed by atoms with Gasteiger partial charge in [0.05, 0.1) is 0 Å². The first-order valence-electron chi connectivity index (χ1n) is 6.16. The summed E-state index contributed by atoms with van der Waals surface area (Å²) >= 11 is 0. The van der Waals surface area contributed by atoms with E-state index in [4.69, 9.17) is 0 Å². The molecule has 1 aromatic heterocycles. The molecule has 0 saturated heterocycles. The summed E-state index contributed by atoms with van der Waals surface area (Å²) in [5.74, 6) is 0.401. The Balaban J connectivity index is 3.72. The van der Waals surface area contributed by atoms with E-state index >= 15 is 0 Å². The number of rotatable bonds is 3. The van der Waals surface area contributed by atoms with Crippen LogP contribution in [0, 0.1) is 6.92 Å². The normalized spacial score (nSPS) is 11.2. The minimum absolute atomic E-state index is 0.165. The Labute approximate surface area is 98.3 Å². The van der Waals surface area contributed by atoms with E-state index in [1.807, 2.05) is 18.5 Å². The molecular weight excluding hydrogens is 198 g/mol. The molecule has 0 fully saturated rings. The van der Waals surface area contributed by atoms with Crippen LogP contribution in [-0.4, -0.2) is 4.57 Å². The highest BCUT2D eigenvalue weighted by Crippen LogP contribution is 2.23. The van der Waals surface area contributed by atoms with Gasteiger partial charge in [-0.05, 0) is 36.8 Å². The topological polar surface area (TPSA) is 22.0 Å². The van der Waals surface area contributed by atoms with E-state index < -0.39 is 0 Å². The first kappa shape index (κ1) is 13.0. The van der Waals surface area contributed by atoms with Crippen LogP contribution < -0.4 is 5.56 Å². The van der Waals surface area contributed by atoms with Gasteiger partial charge in [0, 0.05) is 18.3 Å². The fraction of sp³-hybridized carbons (Fsp3) is 0.643. The molecule has 0 amide bonds. The number of nitrogens with zero attached hydrogens (tertiary/aromatic N) is 1. The molecule has 0 aliphatic rings. The molecule has 0 unspecified atom stereocenters. The van der Waals surface area contributed by atoms with E-state index in [-0.39, 0.29) is 5.56 Å². The van der Waals surface area contributed by atoms with Crippen molar-refractivity contribution in [3.8, 4) is 0 Å². The van der Waals surface area contributed by atoms with Crippen LogP contribution in [0.3, 0.4) is 0 Å². The molecule has 16 heavy (non-hydrogen) atoms. The average molecular weight is 221 g/mol. The van der Waals surface area contributed by atoms with Gasteiger partial charge in [-0.2, -0.15) is 0 Å². The maximum Gasteiger partial charge on any atom is 0.253 e. The lowest BCUT2D eigenvalue weighted by Gasteiger charge is -2.21. The molecule has 0 aromatic carbocycles. The van der Waals surface area contributed by atoms with Crippen LogP contribution in [-0.2, 0) is 19.9 Å². The largest absolute Gasteiger partial charge is 0.315 e. The second kappa shape index (κ2) is 4.86. The number of aromatic nitrogens is 1. The zero-order chi connectivity index (χ0) is 12.5. The lowest BCUT2D eigenvalue weighted by molar-refractivity contribution is 0.678. The predicted octanol–water partition coefficient (Wildman–Crippen LogP) is 2.94. The molecule has 2 heteroatoms. The molecular formula is C14H23NO. The van der Waals surface area contributed by atoms with Gasteiger partial charge in [-0.15, -0.1) is 0 Å². The standard InChI is InChI=1S/C14H23NO/c1-7-11-10(5)14(16)15(6)13(9(3)4)12(11)8-2/h9H,7-8H2,1-6H3. The van der Waals surface area contributed by atoms with E-state index in [2.05, 4.69) is 27.7 Å². The molecule has 0 aliphatic heterocycles. The summed E-state index contributed by atoms with van der Waals surface area (Å²) in [6, 6.07) is 0. The highest BCUT2D eigenvalue weighted by Gasteiger charge is 2.17. The van der Waals surface area contributed by atoms with Gasteiger partial charge in [-0.3, -0.25) is 4.79 Å². The third-order valence-electron chi connectivity index (χ3n) is 3.37. The van der Waals surface area contributed by atoms with Gasteiger partial charge >= 0.3 is 0 Å². The highest BCUT2D eigenvalue weighted by molar-refractivity contribution is 5.38. The van der Waals surface area contributed by atoms with Gasteiger partial charge in [0.15, 0.2) is 0 Å². The predicted molar refractivity (Wildman–Crippen MR) is 69.3 cm³/mol. The molecule has 0 spiro atoms. The van der Waals surface area contributed by atoms with E-state index in [9.17, 15) is 4.79 Å². The van der Waals surface area contributed by atoms with E-state index in [1.165, 1.54) is 16.8 Å². The Bertz CT molecular complexity index is 441. The molecule has 0 aliphatic carbocycles. The molecule has 0 saturated carbocycles. The molecule has 90 valence electrons. The highest BCUT2D eigenvalue weighted by atomic mass is 16.1. The van der Waals surface area contributed by atoms with Crippen molar-refractivity contribution in [1.29, 1.82) is 0 Å². The Kier molecular flexibility index (Phi) is 3.95. The second-order valence-electron chi connectivity index (χ2n) is 4.69. The van der Waals surface area contributed by atoms with Crippen molar-refractivity contribution in [2.24, 2.45) is 7.05 Å². The molecule has 2 nitrogen and oxygen atoms in total. The molecule has 1 rings (SSSR count). The summed E-state index contributed by atoms with van der Waals surface area (Å²) in [5, 5.41) is 0. The van der Waals surface area contributed by atoms with Gasteiger partial charge < -0.3 is 4.57 Å². The Morgan fingerprint density at radius 1 is 1.12 bits per heavy atom. The van der Waals surface area contributed by atoms with Crippen molar-refractivity contribution in [3.63, 3.8) is 0 Å². The molecule has 1 aromatic rings. The number of pyridine rings is 1. The third-order valence-corrected chi connectivity index (χ3v) is 3.37. The van der Waals surface area contributed by atoms with E-state index in [1.54, 1.807) is 0 Å². The number of hydrogen-bond acceptors (Lipinski definition) is 1. The van der Waals surface area contributed by atoms with Crippen molar-refractivity contribution < 1.29 is 0 Å².